The Morgan fingerprint density at radius 3 is 2.74 bits per heavy atom. The highest BCUT2D eigenvalue weighted by molar-refractivity contribution is 5.77. The zero-order valence-electron chi connectivity index (χ0n) is 12.4. The van der Waals surface area contributed by atoms with E-state index < -0.39 is 0 Å². The topological polar surface area (TPSA) is 32.3 Å². The summed E-state index contributed by atoms with van der Waals surface area (Å²) in [5.41, 5.74) is 2.54. The largest absolute Gasteiger partial charge is 0.368 e. The van der Waals surface area contributed by atoms with E-state index in [9.17, 15) is 4.79 Å². The fraction of sp³-hybridized carbons (Fsp3) is 0.562. The molecule has 0 aromatic heterocycles. The molecule has 1 amide bonds. The molecule has 1 atom stereocenters. The Labute approximate surface area is 116 Å². The summed E-state index contributed by atoms with van der Waals surface area (Å²) < 4.78 is 0. The van der Waals surface area contributed by atoms with Crippen LogP contribution in [0, 0.1) is 0 Å². The lowest BCUT2D eigenvalue weighted by Crippen LogP contribution is -2.42. The molecule has 1 aromatic carbocycles. The van der Waals surface area contributed by atoms with E-state index in [2.05, 4.69) is 41.4 Å². The minimum atomic E-state index is -0.147. The summed E-state index contributed by atoms with van der Waals surface area (Å²) in [6.45, 7) is 9.05. The average molecular weight is 260 g/mol. The number of para-hydroxylation sites is 1. The quantitative estimate of drug-likeness (QED) is 0.906. The third-order valence-corrected chi connectivity index (χ3v) is 3.44. The maximum Gasteiger partial charge on any atom is 0.222 e. The SMILES string of the molecule is CC1Cc2ccccc2N1CCC(=O)NC(C)(C)C. The number of rotatable bonds is 3. The standard InChI is InChI=1S/C16H24N2O/c1-12-11-13-7-5-6-8-14(13)18(12)10-9-15(19)17-16(2,3)4/h5-8,12H,9-11H2,1-4H3,(H,17,19). The van der Waals surface area contributed by atoms with Gasteiger partial charge in [0.05, 0.1) is 0 Å². The van der Waals surface area contributed by atoms with Crippen molar-refractivity contribution in [1.29, 1.82) is 0 Å². The van der Waals surface area contributed by atoms with Gasteiger partial charge in [0.2, 0.25) is 5.91 Å². The van der Waals surface area contributed by atoms with Crippen LogP contribution in [-0.4, -0.2) is 24.0 Å². The molecular formula is C16H24N2O. The lowest BCUT2D eigenvalue weighted by molar-refractivity contribution is -0.122. The predicted molar refractivity (Wildman–Crippen MR) is 79.5 cm³/mol. The van der Waals surface area contributed by atoms with Crippen molar-refractivity contribution in [2.75, 3.05) is 11.4 Å². The summed E-state index contributed by atoms with van der Waals surface area (Å²) in [5.74, 6) is 0.129. The van der Waals surface area contributed by atoms with Crippen LogP contribution in [-0.2, 0) is 11.2 Å². The van der Waals surface area contributed by atoms with Crippen LogP contribution in [0.2, 0.25) is 0 Å². The number of carbonyl (C=O) groups is 1. The Bertz CT molecular complexity index is 462. The van der Waals surface area contributed by atoms with Crippen LogP contribution in [0.15, 0.2) is 24.3 Å². The van der Waals surface area contributed by atoms with Gasteiger partial charge >= 0.3 is 0 Å². The van der Waals surface area contributed by atoms with Gasteiger partial charge in [0, 0.05) is 30.2 Å². The van der Waals surface area contributed by atoms with Crippen LogP contribution in [0.25, 0.3) is 0 Å². The number of nitrogens with one attached hydrogen (secondary N) is 1. The van der Waals surface area contributed by atoms with E-state index in [1.54, 1.807) is 0 Å². The van der Waals surface area contributed by atoms with Gasteiger partial charge in [-0.2, -0.15) is 0 Å². The molecule has 1 aliphatic rings. The first-order valence-electron chi connectivity index (χ1n) is 7.02. The predicted octanol–water partition coefficient (Wildman–Crippen LogP) is 2.74. The van der Waals surface area contributed by atoms with Gasteiger partial charge in [0.25, 0.3) is 0 Å². The highest BCUT2D eigenvalue weighted by Crippen LogP contribution is 2.31. The summed E-state index contributed by atoms with van der Waals surface area (Å²) in [6, 6.07) is 8.97. The fourth-order valence-electron chi connectivity index (χ4n) is 2.67. The summed E-state index contributed by atoms with van der Waals surface area (Å²) in [7, 11) is 0. The molecule has 0 bridgehead atoms. The molecule has 1 N–H and O–H groups in total. The maximum atomic E-state index is 11.9. The Hall–Kier alpha value is -1.51. The molecule has 1 aliphatic heterocycles. The van der Waals surface area contributed by atoms with Crippen LogP contribution in [0.5, 0.6) is 0 Å². The van der Waals surface area contributed by atoms with Crippen molar-refractivity contribution in [2.45, 2.75) is 52.1 Å². The van der Waals surface area contributed by atoms with E-state index in [0.29, 0.717) is 12.5 Å². The van der Waals surface area contributed by atoms with E-state index in [1.807, 2.05) is 20.8 Å². The van der Waals surface area contributed by atoms with Gasteiger partial charge in [-0.1, -0.05) is 18.2 Å². The Morgan fingerprint density at radius 1 is 1.37 bits per heavy atom. The zero-order valence-corrected chi connectivity index (χ0v) is 12.4. The number of fused-ring (bicyclic) bond motifs is 1. The van der Waals surface area contributed by atoms with E-state index in [1.165, 1.54) is 11.3 Å². The van der Waals surface area contributed by atoms with Crippen molar-refractivity contribution < 1.29 is 4.79 Å². The molecule has 104 valence electrons. The van der Waals surface area contributed by atoms with E-state index in [-0.39, 0.29) is 11.4 Å². The minimum Gasteiger partial charge on any atom is -0.368 e. The highest BCUT2D eigenvalue weighted by Gasteiger charge is 2.25. The van der Waals surface area contributed by atoms with Crippen molar-refractivity contribution in [2.24, 2.45) is 0 Å². The van der Waals surface area contributed by atoms with Gasteiger partial charge in [-0.3, -0.25) is 4.79 Å². The Kier molecular flexibility index (Phi) is 3.83. The molecular weight excluding hydrogens is 236 g/mol. The minimum absolute atomic E-state index is 0.129. The molecule has 1 aromatic rings. The van der Waals surface area contributed by atoms with Gasteiger partial charge in [-0.15, -0.1) is 0 Å². The number of hydrogen-bond acceptors (Lipinski definition) is 2. The number of anilines is 1. The first kappa shape index (κ1) is 13.9. The zero-order chi connectivity index (χ0) is 14.0. The van der Waals surface area contributed by atoms with Crippen LogP contribution in [0.3, 0.4) is 0 Å². The average Bonchev–Trinajstić information content (AvgIpc) is 2.60. The Balaban J connectivity index is 1.95. The van der Waals surface area contributed by atoms with E-state index >= 15 is 0 Å². The number of amides is 1. The molecule has 0 aliphatic carbocycles. The molecule has 0 spiro atoms. The summed E-state index contributed by atoms with van der Waals surface area (Å²) >= 11 is 0. The van der Waals surface area contributed by atoms with Gasteiger partial charge in [0.15, 0.2) is 0 Å². The number of carbonyl (C=O) groups excluding carboxylic acids is 1. The monoisotopic (exact) mass is 260 g/mol. The van der Waals surface area contributed by atoms with Gasteiger partial charge in [-0.25, -0.2) is 0 Å². The smallest absolute Gasteiger partial charge is 0.222 e. The summed E-state index contributed by atoms with van der Waals surface area (Å²) in [6.07, 6.45) is 1.63. The van der Waals surface area contributed by atoms with Crippen LogP contribution >= 0.6 is 0 Å². The fourth-order valence-corrected chi connectivity index (χ4v) is 2.67. The number of benzene rings is 1. The highest BCUT2D eigenvalue weighted by atomic mass is 16.1. The third-order valence-electron chi connectivity index (χ3n) is 3.44. The lowest BCUT2D eigenvalue weighted by atomic mass is 10.1. The normalized spacial score (nSPS) is 18.3. The van der Waals surface area contributed by atoms with Crippen LogP contribution < -0.4 is 10.2 Å². The number of hydrogen-bond donors (Lipinski definition) is 1. The molecule has 0 saturated heterocycles. The molecule has 3 heteroatoms. The second kappa shape index (κ2) is 5.24. The summed E-state index contributed by atoms with van der Waals surface area (Å²) in [4.78, 5) is 14.2. The molecule has 0 saturated carbocycles. The molecule has 3 nitrogen and oxygen atoms in total. The molecule has 2 rings (SSSR count). The first-order chi connectivity index (χ1) is 8.87. The summed E-state index contributed by atoms with van der Waals surface area (Å²) in [5, 5.41) is 3.02. The second-order valence-electron chi connectivity index (χ2n) is 6.42. The third kappa shape index (κ3) is 3.49. The van der Waals surface area contributed by atoms with Crippen molar-refractivity contribution in [3.8, 4) is 0 Å². The Morgan fingerprint density at radius 2 is 2.05 bits per heavy atom. The van der Waals surface area contributed by atoms with Gasteiger partial charge in [-0.05, 0) is 45.7 Å². The van der Waals surface area contributed by atoms with Crippen LogP contribution in [0.1, 0.15) is 39.7 Å². The van der Waals surface area contributed by atoms with Gasteiger partial charge < -0.3 is 10.2 Å². The molecule has 1 heterocycles. The van der Waals surface area contributed by atoms with Crippen molar-refractivity contribution in [3.05, 3.63) is 29.8 Å². The first-order valence-corrected chi connectivity index (χ1v) is 7.02. The molecule has 0 fully saturated rings. The van der Waals surface area contributed by atoms with Crippen molar-refractivity contribution in [1.82, 2.24) is 5.32 Å². The number of nitrogens with zero attached hydrogens (tertiary/aromatic N) is 1. The molecule has 19 heavy (non-hydrogen) atoms. The molecule has 1 unspecified atom stereocenters. The van der Waals surface area contributed by atoms with E-state index in [4.69, 9.17) is 0 Å². The van der Waals surface area contributed by atoms with Crippen molar-refractivity contribution in [3.63, 3.8) is 0 Å². The van der Waals surface area contributed by atoms with Gasteiger partial charge in [0.1, 0.15) is 0 Å². The molecule has 0 radical (unpaired) electrons. The van der Waals surface area contributed by atoms with Crippen LogP contribution in [0.4, 0.5) is 5.69 Å². The van der Waals surface area contributed by atoms with E-state index in [0.717, 1.165) is 13.0 Å². The maximum absolute atomic E-state index is 11.9. The lowest BCUT2D eigenvalue weighted by Gasteiger charge is -2.26. The second-order valence-corrected chi connectivity index (χ2v) is 6.42. The van der Waals surface area contributed by atoms with Crippen molar-refractivity contribution >= 4 is 11.6 Å².